The summed E-state index contributed by atoms with van der Waals surface area (Å²) in [7, 11) is 0. The second-order valence-corrected chi connectivity index (χ2v) is 5.71. The lowest BCUT2D eigenvalue weighted by molar-refractivity contribution is 0.0665. The van der Waals surface area contributed by atoms with Crippen LogP contribution in [0.15, 0.2) is 36.5 Å². The van der Waals surface area contributed by atoms with E-state index in [0.717, 1.165) is 54.7 Å². The molecule has 0 radical (unpaired) electrons. The normalized spacial score (nSPS) is 15.4. The first-order valence-corrected chi connectivity index (χ1v) is 7.59. The molecule has 1 aromatic heterocycles. The Morgan fingerprint density at radius 2 is 1.95 bits per heavy atom. The van der Waals surface area contributed by atoms with Gasteiger partial charge in [0.25, 0.3) is 0 Å². The van der Waals surface area contributed by atoms with Crippen LogP contribution in [0.3, 0.4) is 0 Å². The van der Waals surface area contributed by atoms with Crippen LogP contribution in [0.2, 0.25) is 0 Å². The molecule has 112 valence electrons. The number of nitrogen functional groups attached to an aromatic ring is 1. The second-order valence-electron chi connectivity index (χ2n) is 5.71. The van der Waals surface area contributed by atoms with Gasteiger partial charge in [0.15, 0.2) is 0 Å². The third-order valence-corrected chi connectivity index (χ3v) is 4.19. The Labute approximate surface area is 130 Å². The van der Waals surface area contributed by atoms with Crippen molar-refractivity contribution in [1.29, 1.82) is 5.26 Å². The van der Waals surface area contributed by atoms with Crippen LogP contribution in [0, 0.1) is 17.2 Å². The molecule has 0 spiro atoms. The highest BCUT2D eigenvalue weighted by Gasteiger charge is 2.16. The minimum Gasteiger partial charge on any atom is -0.384 e. The number of pyridine rings is 1. The molecule has 0 bridgehead atoms. The van der Waals surface area contributed by atoms with E-state index in [1.165, 1.54) is 0 Å². The van der Waals surface area contributed by atoms with Crippen LogP contribution >= 0.6 is 0 Å². The summed E-state index contributed by atoms with van der Waals surface area (Å²) in [4.78, 5) is 4.00. The van der Waals surface area contributed by atoms with E-state index < -0.39 is 0 Å². The Bertz CT molecular complexity index is 700. The molecule has 0 saturated carbocycles. The van der Waals surface area contributed by atoms with Crippen molar-refractivity contribution in [3.05, 3.63) is 47.7 Å². The predicted molar refractivity (Wildman–Crippen MR) is 86.0 cm³/mol. The topological polar surface area (TPSA) is 71.9 Å². The van der Waals surface area contributed by atoms with Crippen LogP contribution in [0.5, 0.6) is 0 Å². The zero-order chi connectivity index (χ0) is 15.4. The number of hydrogen-bond donors (Lipinski definition) is 1. The number of nitrogens with two attached hydrogens (primary N) is 1. The van der Waals surface area contributed by atoms with E-state index in [4.69, 9.17) is 10.5 Å². The van der Waals surface area contributed by atoms with Crippen LogP contribution in [0.1, 0.15) is 24.0 Å². The molecule has 1 fully saturated rings. The second kappa shape index (κ2) is 6.59. The Hall–Kier alpha value is -2.38. The molecular weight excluding hydrogens is 274 g/mol. The van der Waals surface area contributed by atoms with Gasteiger partial charge in [-0.2, -0.15) is 5.26 Å². The molecule has 1 aliphatic rings. The van der Waals surface area contributed by atoms with Gasteiger partial charge in [-0.25, -0.2) is 4.98 Å². The average molecular weight is 293 g/mol. The number of benzene rings is 1. The zero-order valence-corrected chi connectivity index (χ0v) is 12.5. The summed E-state index contributed by atoms with van der Waals surface area (Å²) in [5.74, 6) is 1.10. The fraction of sp³-hybridized carbons (Fsp3) is 0.333. The molecule has 3 rings (SSSR count). The van der Waals surface area contributed by atoms with Gasteiger partial charge in [0, 0.05) is 19.4 Å². The average Bonchev–Trinajstić information content (AvgIpc) is 2.56. The van der Waals surface area contributed by atoms with Crippen LogP contribution in [0.4, 0.5) is 5.82 Å². The fourth-order valence-electron chi connectivity index (χ4n) is 2.93. The lowest BCUT2D eigenvalue weighted by Gasteiger charge is -2.22. The summed E-state index contributed by atoms with van der Waals surface area (Å²) in [6.07, 6.45) is 4.79. The van der Waals surface area contributed by atoms with Gasteiger partial charge in [0.1, 0.15) is 5.82 Å². The molecule has 1 aromatic carbocycles. The van der Waals surface area contributed by atoms with Gasteiger partial charge in [-0.05, 0) is 60.1 Å². The highest BCUT2D eigenvalue weighted by atomic mass is 16.5. The number of aromatic nitrogens is 1. The molecular formula is C18H19N3O. The lowest BCUT2D eigenvalue weighted by Crippen LogP contribution is -2.17. The van der Waals surface area contributed by atoms with E-state index in [2.05, 4.69) is 23.2 Å². The molecule has 22 heavy (non-hydrogen) atoms. The van der Waals surface area contributed by atoms with Crippen molar-refractivity contribution in [1.82, 2.24) is 4.98 Å². The highest BCUT2D eigenvalue weighted by Crippen LogP contribution is 2.26. The van der Waals surface area contributed by atoms with Gasteiger partial charge in [0.05, 0.1) is 11.6 Å². The van der Waals surface area contributed by atoms with Crippen molar-refractivity contribution < 1.29 is 4.74 Å². The van der Waals surface area contributed by atoms with Crippen molar-refractivity contribution in [3.8, 4) is 17.2 Å². The van der Waals surface area contributed by atoms with Gasteiger partial charge in [-0.3, -0.25) is 0 Å². The monoisotopic (exact) mass is 293 g/mol. The van der Waals surface area contributed by atoms with Gasteiger partial charge in [-0.1, -0.05) is 12.1 Å². The number of rotatable bonds is 3. The van der Waals surface area contributed by atoms with Crippen molar-refractivity contribution in [3.63, 3.8) is 0 Å². The van der Waals surface area contributed by atoms with Gasteiger partial charge < -0.3 is 10.5 Å². The van der Waals surface area contributed by atoms with E-state index in [1.54, 1.807) is 6.20 Å². The third kappa shape index (κ3) is 3.26. The minimum atomic E-state index is 0.488. The zero-order valence-electron chi connectivity index (χ0n) is 12.5. The largest absolute Gasteiger partial charge is 0.384 e. The summed E-state index contributed by atoms with van der Waals surface area (Å²) >= 11 is 0. The highest BCUT2D eigenvalue weighted by molar-refractivity contribution is 5.68. The molecule has 0 amide bonds. The molecule has 0 atom stereocenters. The molecule has 4 nitrogen and oxygen atoms in total. The van der Waals surface area contributed by atoms with Gasteiger partial charge >= 0.3 is 0 Å². The van der Waals surface area contributed by atoms with Crippen LogP contribution in [-0.4, -0.2) is 18.2 Å². The number of ether oxygens (including phenoxy) is 1. The Morgan fingerprint density at radius 1 is 1.18 bits per heavy atom. The summed E-state index contributed by atoms with van der Waals surface area (Å²) in [6, 6.07) is 12.1. The number of anilines is 1. The van der Waals surface area contributed by atoms with E-state index in [9.17, 15) is 5.26 Å². The molecule has 0 unspecified atom stereocenters. The van der Waals surface area contributed by atoms with Gasteiger partial charge in [0.2, 0.25) is 0 Å². The van der Waals surface area contributed by atoms with Gasteiger partial charge in [-0.15, -0.1) is 0 Å². The van der Waals surface area contributed by atoms with Crippen molar-refractivity contribution in [2.24, 2.45) is 5.92 Å². The summed E-state index contributed by atoms with van der Waals surface area (Å²) in [5, 5.41) is 9.46. The van der Waals surface area contributed by atoms with Crippen molar-refractivity contribution >= 4 is 5.82 Å². The van der Waals surface area contributed by atoms with Crippen molar-refractivity contribution in [2.45, 2.75) is 19.3 Å². The molecule has 4 heteroatoms. The van der Waals surface area contributed by atoms with Crippen LogP contribution in [-0.2, 0) is 11.2 Å². The maximum absolute atomic E-state index is 9.46. The summed E-state index contributed by atoms with van der Waals surface area (Å²) < 4.78 is 5.40. The molecule has 2 N–H and O–H groups in total. The Kier molecular flexibility index (Phi) is 4.36. The predicted octanol–water partition coefficient (Wildman–Crippen LogP) is 3.17. The lowest BCUT2D eigenvalue weighted by atomic mass is 9.89. The van der Waals surface area contributed by atoms with E-state index >= 15 is 0 Å². The Morgan fingerprint density at radius 3 is 2.68 bits per heavy atom. The van der Waals surface area contributed by atoms with Crippen LogP contribution in [0.25, 0.3) is 11.1 Å². The SMILES string of the molecule is N#Cc1cc(-c2ccnc(N)c2)ccc1CC1CCOCC1. The first kappa shape index (κ1) is 14.6. The molecule has 2 aromatic rings. The molecule has 0 aliphatic carbocycles. The van der Waals surface area contributed by atoms with E-state index in [0.29, 0.717) is 11.7 Å². The first-order valence-electron chi connectivity index (χ1n) is 7.59. The standard InChI is InChI=1S/C18H19N3O/c19-12-17-10-15(16-3-6-21-18(20)11-16)2-1-14(17)9-13-4-7-22-8-5-13/h1-3,6,10-11,13H,4-5,7-9H2,(H2,20,21). The third-order valence-electron chi connectivity index (χ3n) is 4.19. The quantitative estimate of drug-likeness (QED) is 0.943. The van der Waals surface area contributed by atoms with E-state index in [-0.39, 0.29) is 0 Å². The maximum Gasteiger partial charge on any atom is 0.123 e. The molecule has 2 heterocycles. The summed E-state index contributed by atoms with van der Waals surface area (Å²) in [6.45, 7) is 1.67. The number of hydrogen-bond acceptors (Lipinski definition) is 4. The molecule has 1 aliphatic heterocycles. The number of nitrogens with zero attached hydrogens (tertiary/aromatic N) is 2. The van der Waals surface area contributed by atoms with E-state index in [1.807, 2.05) is 18.2 Å². The van der Waals surface area contributed by atoms with Crippen LogP contribution < -0.4 is 5.73 Å². The summed E-state index contributed by atoms with van der Waals surface area (Å²) in [5.41, 5.74) is 9.60. The number of nitriles is 1. The maximum atomic E-state index is 9.46. The minimum absolute atomic E-state index is 0.488. The Balaban J connectivity index is 1.86. The first-order chi connectivity index (χ1) is 10.8. The smallest absolute Gasteiger partial charge is 0.123 e. The molecule has 1 saturated heterocycles. The van der Waals surface area contributed by atoms with Crippen molar-refractivity contribution in [2.75, 3.05) is 18.9 Å². The fourth-order valence-corrected chi connectivity index (χ4v) is 2.93.